The van der Waals surface area contributed by atoms with Crippen LogP contribution < -0.4 is 4.74 Å². The lowest BCUT2D eigenvalue weighted by molar-refractivity contribution is -0.138. The summed E-state index contributed by atoms with van der Waals surface area (Å²) in [5.41, 5.74) is 0.914. The van der Waals surface area contributed by atoms with Crippen molar-refractivity contribution in [2.75, 3.05) is 26.7 Å². The van der Waals surface area contributed by atoms with Gasteiger partial charge in [-0.05, 0) is 37.5 Å². The number of carbonyl (C=O) groups is 1. The highest BCUT2D eigenvalue weighted by Crippen LogP contribution is 2.30. The molecule has 1 heterocycles. The Morgan fingerprint density at radius 2 is 1.96 bits per heavy atom. The number of benzene rings is 1. The molecular weight excluding hydrogens is 328 g/mol. The van der Waals surface area contributed by atoms with Crippen molar-refractivity contribution in [1.82, 2.24) is 9.21 Å². The first-order chi connectivity index (χ1) is 11.2. The highest BCUT2D eigenvalue weighted by atomic mass is 32.2. The van der Waals surface area contributed by atoms with Gasteiger partial charge in [0.25, 0.3) is 0 Å². The summed E-state index contributed by atoms with van der Waals surface area (Å²) in [4.78, 5) is 14.4. The lowest BCUT2D eigenvalue weighted by Gasteiger charge is -2.39. The second-order valence-electron chi connectivity index (χ2n) is 6.62. The number of aryl methyl sites for hydroxylation is 1. The molecule has 1 fully saturated rings. The molecule has 7 heteroatoms. The zero-order chi connectivity index (χ0) is 18.1. The zero-order valence-corrected chi connectivity index (χ0v) is 15.8. The van der Waals surface area contributed by atoms with Gasteiger partial charge in [0, 0.05) is 19.6 Å². The largest absolute Gasteiger partial charge is 0.495 e. The van der Waals surface area contributed by atoms with Gasteiger partial charge in [-0.25, -0.2) is 8.42 Å². The molecule has 1 atom stereocenters. The molecule has 0 N–H and O–H groups in total. The van der Waals surface area contributed by atoms with E-state index >= 15 is 0 Å². The summed E-state index contributed by atoms with van der Waals surface area (Å²) in [5.74, 6) is 0.505. The van der Waals surface area contributed by atoms with E-state index in [2.05, 4.69) is 0 Å². The van der Waals surface area contributed by atoms with Crippen molar-refractivity contribution < 1.29 is 17.9 Å². The van der Waals surface area contributed by atoms with Crippen molar-refractivity contribution in [1.29, 1.82) is 0 Å². The molecule has 2 rings (SSSR count). The van der Waals surface area contributed by atoms with Crippen molar-refractivity contribution in [2.24, 2.45) is 5.92 Å². The first-order valence-electron chi connectivity index (χ1n) is 8.13. The Hall–Kier alpha value is -1.60. The molecule has 1 aliphatic rings. The number of amides is 1. The van der Waals surface area contributed by atoms with Crippen molar-refractivity contribution in [3.05, 3.63) is 23.8 Å². The molecule has 1 saturated heterocycles. The van der Waals surface area contributed by atoms with E-state index in [4.69, 9.17) is 4.74 Å². The standard InChI is InChI=1S/C17H26N2O4S/c1-12(2)11-18-8-9-19(14(4)17(18)20)24(21,22)16-7-6-13(3)10-15(16)23-5/h6-7,10,12,14H,8-9,11H2,1-5H3/t14-/m0/s1. The molecule has 0 saturated carbocycles. The zero-order valence-electron chi connectivity index (χ0n) is 14.9. The normalized spacial score (nSPS) is 19.8. The Morgan fingerprint density at radius 1 is 1.29 bits per heavy atom. The smallest absolute Gasteiger partial charge is 0.247 e. The predicted molar refractivity (Wildman–Crippen MR) is 92.5 cm³/mol. The fourth-order valence-electron chi connectivity index (χ4n) is 2.98. The van der Waals surface area contributed by atoms with Crippen molar-refractivity contribution in [3.8, 4) is 5.75 Å². The third-order valence-electron chi connectivity index (χ3n) is 4.18. The number of sulfonamides is 1. The number of rotatable bonds is 5. The van der Waals surface area contributed by atoms with E-state index in [9.17, 15) is 13.2 Å². The van der Waals surface area contributed by atoms with Gasteiger partial charge in [-0.15, -0.1) is 0 Å². The molecule has 0 aliphatic carbocycles. The average Bonchev–Trinajstić information content (AvgIpc) is 2.50. The van der Waals surface area contributed by atoms with Crippen LogP contribution >= 0.6 is 0 Å². The summed E-state index contributed by atoms with van der Waals surface area (Å²) < 4.78 is 32.6. The molecule has 0 spiro atoms. The van der Waals surface area contributed by atoms with E-state index in [1.807, 2.05) is 20.8 Å². The van der Waals surface area contributed by atoms with Crippen LogP contribution in [0.15, 0.2) is 23.1 Å². The Kier molecular flexibility index (Phi) is 5.55. The van der Waals surface area contributed by atoms with E-state index in [1.54, 1.807) is 30.0 Å². The van der Waals surface area contributed by atoms with Gasteiger partial charge in [-0.2, -0.15) is 4.31 Å². The SMILES string of the molecule is COc1cc(C)ccc1S(=O)(=O)N1CCN(CC(C)C)C(=O)[C@@H]1C. The van der Waals surface area contributed by atoms with Gasteiger partial charge in [-0.3, -0.25) is 4.79 Å². The lowest BCUT2D eigenvalue weighted by atomic mass is 10.1. The number of piperazine rings is 1. The van der Waals surface area contributed by atoms with Crippen LogP contribution in [-0.2, 0) is 14.8 Å². The van der Waals surface area contributed by atoms with Crippen LogP contribution in [0.25, 0.3) is 0 Å². The highest BCUT2D eigenvalue weighted by molar-refractivity contribution is 7.89. The minimum atomic E-state index is -3.79. The van der Waals surface area contributed by atoms with Gasteiger partial charge < -0.3 is 9.64 Å². The van der Waals surface area contributed by atoms with Crippen LogP contribution in [0.3, 0.4) is 0 Å². The summed E-state index contributed by atoms with van der Waals surface area (Å²) in [6.07, 6.45) is 0. The summed E-state index contributed by atoms with van der Waals surface area (Å²) >= 11 is 0. The Labute approximate surface area is 144 Å². The molecule has 1 amide bonds. The molecule has 0 aromatic heterocycles. The minimum Gasteiger partial charge on any atom is -0.495 e. The monoisotopic (exact) mass is 354 g/mol. The molecule has 134 valence electrons. The van der Waals surface area contributed by atoms with E-state index in [0.29, 0.717) is 31.3 Å². The van der Waals surface area contributed by atoms with Crippen molar-refractivity contribution in [3.63, 3.8) is 0 Å². The molecule has 6 nitrogen and oxygen atoms in total. The molecule has 1 aromatic rings. The Morgan fingerprint density at radius 3 is 2.54 bits per heavy atom. The number of hydrogen-bond donors (Lipinski definition) is 0. The summed E-state index contributed by atoms with van der Waals surface area (Å²) in [6, 6.07) is 4.25. The maximum Gasteiger partial charge on any atom is 0.247 e. The highest BCUT2D eigenvalue weighted by Gasteiger charge is 2.40. The molecule has 1 aliphatic heterocycles. The number of methoxy groups -OCH3 is 1. The van der Waals surface area contributed by atoms with Gasteiger partial charge in [0.1, 0.15) is 16.7 Å². The Balaban J connectivity index is 2.33. The number of hydrogen-bond acceptors (Lipinski definition) is 4. The lowest BCUT2D eigenvalue weighted by Crippen LogP contribution is -2.57. The topological polar surface area (TPSA) is 66.9 Å². The second-order valence-corrected chi connectivity index (χ2v) is 8.48. The van der Waals surface area contributed by atoms with Gasteiger partial charge in [-0.1, -0.05) is 19.9 Å². The summed E-state index contributed by atoms with van der Waals surface area (Å²) in [6.45, 7) is 8.94. The molecule has 0 unspecified atom stereocenters. The Bertz CT molecular complexity index is 715. The summed E-state index contributed by atoms with van der Waals surface area (Å²) in [5, 5.41) is 0. The molecule has 1 aromatic carbocycles. The van der Waals surface area contributed by atoms with Gasteiger partial charge in [0.15, 0.2) is 0 Å². The molecular formula is C17H26N2O4S. The van der Waals surface area contributed by atoms with Gasteiger partial charge >= 0.3 is 0 Å². The molecule has 0 bridgehead atoms. The maximum absolute atomic E-state index is 13.0. The van der Waals surface area contributed by atoms with E-state index < -0.39 is 16.1 Å². The average molecular weight is 354 g/mol. The van der Waals surface area contributed by atoms with Crippen LogP contribution in [0.5, 0.6) is 5.75 Å². The molecule has 0 radical (unpaired) electrons. The van der Waals surface area contributed by atoms with Gasteiger partial charge in [0.05, 0.1) is 7.11 Å². The van der Waals surface area contributed by atoms with E-state index in [1.165, 1.54) is 11.4 Å². The minimum absolute atomic E-state index is 0.104. The predicted octanol–water partition coefficient (Wildman–Crippen LogP) is 1.88. The van der Waals surface area contributed by atoms with Crippen LogP contribution in [0.2, 0.25) is 0 Å². The third-order valence-corrected chi connectivity index (χ3v) is 6.19. The van der Waals surface area contributed by atoms with E-state index in [0.717, 1.165) is 5.56 Å². The van der Waals surface area contributed by atoms with Crippen LogP contribution in [-0.4, -0.2) is 56.3 Å². The van der Waals surface area contributed by atoms with Crippen LogP contribution in [0.1, 0.15) is 26.3 Å². The number of nitrogens with zero attached hydrogens (tertiary/aromatic N) is 2. The van der Waals surface area contributed by atoms with Gasteiger partial charge in [0.2, 0.25) is 15.9 Å². The van der Waals surface area contributed by atoms with Crippen molar-refractivity contribution >= 4 is 15.9 Å². The fourth-order valence-corrected chi connectivity index (χ4v) is 4.69. The number of carbonyl (C=O) groups excluding carboxylic acids is 1. The first-order valence-corrected chi connectivity index (χ1v) is 9.57. The summed E-state index contributed by atoms with van der Waals surface area (Å²) in [7, 11) is -2.35. The number of ether oxygens (including phenoxy) is 1. The van der Waals surface area contributed by atoms with Crippen LogP contribution in [0, 0.1) is 12.8 Å². The fraction of sp³-hybridized carbons (Fsp3) is 0.588. The van der Waals surface area contributed by atoms with Crippen LogP contribution in [0.4, 0.5) is 0 Å². The van der Waals surface area contributed by atoms with E-state index in [-0.39, 0.29) is 10.8 Å². The first kappa shape index (κ1) is 18.7. The quantitative estimate of drug-likeness (QED) is 0.810. The second kappa shape index (κ2) is 7.11. The third kappa shape index (κ3) is 3.57. The van der Waals surface area contributed by atoms with Crippen molar-refractivity contribution in [2.45, 2.75) is 38.6 Å². The maximum atomic E-state index is 13.0. The molecule has 24 heavy (non-hydrogen) atoms.